The van der Waals surface area contributed by atoms with Crippen molar-refractivity contribution in [1.82, 2.24) is 0 Å². The quantitative estimate of drug-likeness (QED) is 0.250. The molecule has 0 aliphatic carbocycles. The van der Waals surface area contributed by atoms with E-state index in [1.165, 1.54) is 0 Å². The molecular formula is C2AgKN2O2. The summed E-state index contributed by atoms with van der Waals surface area (Å²) >= 11 is 0. The summed E-state index contributed by atoms with van der Waals surface area (Å²) in [6, 6.07) is 0. The smallest absolute Gasteiger partial charge is 0.724 e. The van der Waals surface area contributed by atoms with Gasteiger partial charge in [-0.3, -0.25) is 9.59 Å². The average molecular weight is 231 g/mol. The van der Waals surface area contributed by atoms with Crippen LogP contribution in [-0.4, -0.2) is 12.2 Å². The molecule has 0 unspecified atom stereocenters. The first-order chi connectivity index (χ1) is 2.83. The standard InChI is InChI=1S/2CNO.Ag.K/c2*2-1-3;;/q2*-1;2*+1. The van der Waals surface area contributed by atoms with Crippen LogP contribution in [0.1, 0.15) is 0 Å². The first kappa shape index (κ1) is 22.9. The van der Waals surface area contributed by atoms with E-state index in [1.54, 1.807) is 0 Å². The van der Waals surface area contributed by atoms with Crippen LogP contribution >= 0.6 is 0 Å². The Balaban J connectivity index is -0.0000000160. The largest absolute Gasteiger partial charge is 1.00 e. The van der Waals surface area contributed by atoms with Crippen molar-refractivity contribution >= 4 is 12.2 Å². The van der Waals surface area contributed by atoms with Gasteiger partial charge in [-0.1, -0.05) is 0 Å². The van der Waals surface area contributed by atoms with E-state index in [1.807, 2.05) is 0 Å². The summed E-state index contributed by atoms with van der Waals surface area (Å²) in [7, 11) is 0. The van der Waals surface area contributed by atoms with Crippen LogP contribution in [0.15, 0.2) is 0 Å². The number of isocyanates is 2. The summed E-state index contributed by atoms with van der Waals surface area (Å²) < 4.78 is 0. The molecule has 0 rings (SSSR count). The monoisotopic (exact) mass is 230 g/mol. The molecule has 0 radical (unpaired) electrons. The zero-order valence-electron chi connectivity index (χ0n) is 4.01. The molecular weight excluding hydrogens is 231 g/mol. The summed E-state index contributed by atoms with van der Waals surface area (Å²) in [4.78, 5) is 16.5. The first-order valence-electron chi connectivity index (χ1n) is 0.855. The molecule has 6 heteroatoms. The molecule has 0 N–H and O–H groups in total. The Morgan fingerprint density at radius 3 is 1.00 bits per heavy atom. The van der Waals surface area contributed by atoms with Gasteiger partial charge < -0.3 is 10.8 Å². The fourth-order valence-corrected chi connectivity index (χ4v) is 0. The number of hydrogen-bond acceptors (Lipinski definition) is 2. The van der Waals surface area contributed by atoms with Crippen LogP contribution in [0.5, 0.6) is 0 Å². The molecule has 42 valence electrons. The van der Waals surface area contributed by atoms with Crippen LogP contribution in [0.2, 0.25) is 0 Å². The van der Waals surface area contributed by atoms with Crippen LogP contribution in [-0.2, 0) is 32.0 Å². The number of rotatable bonds is 0. The van der Waals surface area contributed by atoms with Crippen LogP contribution < -0.4 is 51.4 Å². The third-order valence-electron chi connectivity index (χ3n) is 0. The topological polar surface area (TPSA) is 78.7 Å². The molecule has 8 heavy (non-hydrogen) atoms. The Kier molecular flexibility index (Phi) is 121. The second kappa shape index (κ2) is 42.1. The van der Waals surface area contributed by atoms with Crippen molar-refractivity contribution in [1.29, 1.82) is 0 Å². The van der Waals surface area contributed by atoms with E-state index in [0.29, 0.717) is 12.2 Å². The molecule has 4 nitrogen and oxygen atoms in total. The van der Waals surface area contributed by atoms with Gasteiger partial charge >= 0.3 is 73.8 Å². The van der Waals surface area contributed by atoms with Gasteiger partial charge in [0.15, 0.2) is 0 Å². The normalized spacial score (nSPS) is 2.00. The zero-order chi connectivity index (χ0) is 5.41. The van der Waals surface area contributed by atoms with Gasteiger partial charge in [-0.2, -0.15) is 0 Å². The van der Waals surface area contributed by atoms with Gasteiger partial charge in [-0.25, -0.2) is 0 Å². The molecule has 0 amide bonds. The van der Waals surface area contributed by atoms with Crippen molar-refractivity contribution in [2.45, 2.75) is 0 Å². The van der Waals surface area contributed by atoms with Gasteiger partial charge in [-0.05, 0) is 12.2 Å². The van der Waals surface area contributed by atoms with E-state index in [9.17, 15) is 0 Å². The molecule has 0 aromatic carbocycles. The molecule has 0 spiro atoms. The maximum Gasteiger partial charge on any atom is 1.00 e. The second-order valence-corrected chi connectivity index (χ2v) is 0.183. The van der Waals surface area contributed by atoms with Gasteiger partial charge in [0.25, 0.3) is 0 Å². The van der Waals surface area contributed by atoms with E-state index < -0.39 is 0 Å². The fraction of sp³-hybridized carbons (Fsp3) is 0. The van der Waals surface area contributed by atoms with E-state index in [-0.39, 0.29) is 73.8 Å². The summed E-state index contributed by atoms with van der Waals surface area (Å²) in [6.07, 6.45) is 1.00. The molecule has 0 heterocycles. The fourth-order valence-electron chi connectivity index (χ4n) is 0. The third kappa shape index (κ3) is 208. The Labute approximate surface area is 104 Å². The van der Waals surface area contributed by atoms with E-state index in [2.05, 4.69) is 0 Å². The van der Waals surface area contributed by atoms with Crippen molar-refractivity contribution in [3.63, 3.8) is 0 Å². The molecule has 0 fully saturated rings. The van der Waals surface area contributed by atoms with Crippen molar-refractivity contribution in [3.05, 3.63) is 10.8 Å². The SMILES string of the molecule is [Ag+].[K+].[N-]=C=O.[N-]=C=O. The number of hydrogen-bond donors (Lipinski definition) is 0. The van der Waals surface area contributed by atoms with E-state index in [0.717, 1.165) is 0 Å². The maximum atomic E-state index is 8.24. The summed E-state index contributed by atoms with van der Waals surface area (Å²) in [5.74, 6) is 0. The maximum absolute atomic E-state index is 8.24. The van der Waals surface area contributed by atoms with Crippen LogP contribution in [0.4, 0.5) is 0 Å². The molecule has 0 aliphatic rings. The predicted octanol–water partition coefficient (Wildman–Crippen LogP) is -3.22. The van der Waals surface area contributed by atoms with E-state index >= 15 is 0 Å². The predicted molar refractivity (Wildman–Crippen MR) is 18.1 cm³/mol. The van der Waals surface area contributed by atoms with E-state index in [4.69, 9.17) is 20.4 Å². The summed E-state index contributed by atoms with van der Waals surface area (Å²) in [5.41, 5.74) is 0. The van der Waals surface area contributed by atoms with Crippen molar-refractivity contribution in [2.75, 3.05) is 0 Å². The zero-order valence-corrected chi connectivity index (χ0v) is 8.62. The molecule has 0 saturated heterocycles. The van der Waals surface area contributed by atoms with Crippen molar-refractivity contribution in [2.24, 2.45) is 0 Å². The molecule has 0 saturated carbocycles. The molecule has 0 aliphatic heterocycles. The van der Waals surface area contributed by atoms with Gasteiger partial charge in [0.05, 0.1) is 0 Å². The summed E-state index contributed by atoms with van der Waals surface area (Å²) in [6.45, 7) is 0. The summed E-state index contributed by atoms with van der Waals surface area (Å²) in [5, 5.41) is 13.5. The third-order valence-corrected chi connectivity index (χ3v) is 0. The van der Waals surface area contributed by atoms with Gasteiger partial charge in [-0.15, -0.1) is 0 Å². The Hall–Kier alpha value is 1.14. The van der Waals surface area contributed by atoms with Gasteiger partial charge in [0.2, 0.25) is 0 Å². The van der Waals surface area contributed by atoms with Crippen molar-refractivity contribution in [3.8, 4) is 0 Å². The van der Waals surface area contributed by atoms with Crippen LogP contribution in [0.25, 0.3) is 10.8 Å². The number of carbonyl (C=O) groups excluding carboxylic acids is 2. The van der Waals surface area contributed by atoms with Crippen molar-refractivity contribution < 1.29 is 83.4 Å². The molecule has 0 bridgehead atoms. The van der Waals surface area contributed by atoms with Gasteiger partial charge in [0, 0.05) is 0 Å². The Bertz CT molecular complexity index is 72.0. The Morgan fingerprint density at radius 1 is 1.00 bits per heavy atom. The van der Waals surface area contributed by atoms with Crippen LogP contribution in [0.3, 0.4) is 0 Å². The molecule has 0 aromatic heterocycles. The molecule has 0 aromatic rings. The minimum absolute atomic E-state index is 0. The van der Waals surface area contributed by atoms with Gasteiger partial charge in [0.1, 0.15) is 0 Å². The Morgan fingerprint density at radius 2 is 1.00 bits per heavy atom. The second-order valence-electron chi connectivity index (χ2n) is 0.183. The van der Waals surface area contributed by atoms with Crippen LogP contribution in [0, 0.1) is 0 Å². The number of nitrogens with zero attached hydrogens (tertiary/aromatic N) is 2. The first-order valence-corrected chi connectivity index (χ1v) is 0.855. The average Bonchev–Trinajstić information content (AvgIpc) is 1.39. The minimum atomic E-state index is 0. The molecule has 0 atom stereocenters. The minimum Gasteiger partial charge on any atom is -0.724 e.